The van der Waals surface area contributed by atoms with E-state index in [0.29, 0.717) is 17.8 Å². The number of nitrogens with zero attached hydrogens (tertiary/aromatic N) is 1. The van der Waals surface area contributed by atoms with Crippen molar-refractivity contribution in [3.05, 3.63) is 36.0 Å². The fraction of sp³-hybridized carbons (Fsp3) is 0.438. The van der Waals surface area contributed by atoms with Crippen LogP contribution >= 0.6 is 0 Å². The lowest BCUT2D eigenvalue weighted by atomic mass is 9.97. The molecule has 1 aliphatic rings. The molecule has 1 aromatic carbocycles. The van der Waals surface area contributed by atoms with Crippen LogP contribution in [0.4, 0.5) is 0 Å². The third-order valence-corrected chi connectivity index (χ3v) is 4.19. The third kappa shape index (κ3) is 2.14. The van der Waals surface area contributed by atoms with Crippen molar-refractivity contribution in [1.82, 2.24) is 9.88 Å². The summed E-state index contributed by atoms with van der Waals surface area (Å²) in [5.41, 5.74) is 1.74. The van der Waals surface area contributed by atoms with Gasteiger partial charge in [-0.05, 0) is 45.2 Å². The van der Waals surface area contributed by atoms with Crippen LogP contribution in [0.25, 0.3) is 10.9 Å². The summed E-state index contributed by atoms with van der Waals surface area (Å²) in [5.74, 6) is 0.135. The van der Waals surface area contributed by atoms with Gasteiger partial charge < -0.3 is 9.88 Å². The van der Waals surface area contributed by atoms with Crippen LogP contribution in [0.15, 0.2) is 30.3 Å². The van der Waals surface area contributed by atoms with Gasteiger partial charge >= 0.3 is 0 Å². The minimum atomic E-state index is 0.135. The minimum absolute atomic E-state index is 0.135. The second-order valence-corrected chi connectivity index (χ2v) is 5.61. The Bertz CT molecular complexity index is 559. The number of H-pyrrole nitrogens is 1. The first-order valence-corrected chi connectivity index (χ1v) is 7.07. The second kappa shape index (κ2) is 4.72. The number of nitrogens with one attached hydrogen (secondary N) is 1. The predicted octanol–water partition coefficient (Wildman–Crippen LogP) is 3.57. The van der Waals surface area contributed by atoms with E-state index < -0.39 is 0 Å². The van der Waals surface area contributed by atoms with Crippen LogP contribution in [0.3, 0.4) is 0 Å². The molecule has 2 heterocycles. The molecule has 1 saturated heterocycles. The zero-order valence-electron chi connectivity index (χ0n) is 11.5. The smallest absolute Gasteiger partial charge is 0.270 e. The zero-order chi connectivity index (χ0) is 13.4. The summed E-state index contributed by atoms with van der Waals surface area (Å²) in [6.07, 6.45) is 3.44. The number of rotatable bonds is 1. The average Bonchev–Trinajstić information content (AvgIpc) is 2.82. The molecule has 3 rings (SSSR count). The molecule has 1 aliphatic heterocycles. The van der Waals surface area contributed by atoms with E-state index in [1.54, 1.807) is 0 Å². The Morgan fingerprint density at radius 1 is 1.21 bits per heavy atom. The monoisotopic (exact) mass is 256 g/mol. The van der Waals surface area contributed by atoms with E-state index >= 15 is 0 Å². The molecular weight excluding hydrogens is 236 g/mol. The molecule has 3 heteroatoms. The molecule has 3 nitrogen and oxygen atoms in total. The van der Waals surface area contributed by atoms with Gasteiger partial charge in [0.1, 0.15) is 5.69 Å². The topological polar surface area (TPSA) is 36.1 Å². The summed E-state index contributed by atoms with van der Waals surface area (Å²) < 4.78 is 0. The fourth-order valence-electron chi connectivity index (χ4n) is 3.15. The number of carbonyl (C=O) groups excluding carboxylic acids is 1. The van der Waals surface area contributed by atoms with Gasteiger partial charge in [0, 0.05) is 23.0 Å². The summed E-state index contributed by atoms with van der Waals surface area (Å²) in [4.78, 5) is 18.0. The van der Waals surface area contributed by atoms with Gasteiger partial charge in [-0.15, -0.1) is 0 Å². The summed E-state index contributed by atoms with van der Waals surface area (Å²) in [5, 5.41) is 1.10. The van der Waals surface area contributed by atoms with E-state index in [2.05, 4.69) is 18.8 Å². The molecule has 1 fully saturated rings. The highest BCUT2D eigenvalue weighted by molar-refractivity contribution is 5.98. The molecule has 1 amide bonds. The first kappa shape index (κ1) is 12.3. The highest BCUT2D eigenvalue weighted by Crippen LogP contribution is 2.25. The summed E-state index contributed by atoms with van der Waals surface area (Å²) >= 11 is 0. The largest absolute Gasteiger partial charge is 0.351 e. The van der Waals surface area contributed by atoms with Crippen molar-refractivity contribution in [1.29, 1.82) is 0 Å². The number of carbonyl (C=O) groups is 1. The molecule has 2 aromatic rings. The number of likely N-dealkylation sites (tertiary alicyclic amines) is 1. The first-order valence-electron chi connectivity index (χ1n) is 7.07. The van der Waals surface area contributed by atoms with Crippen LogP contribution in [0.1, 0.15) is 43.6 Å². The van der Waals surface area contributed by atoms with E-state index in [-0.39, 0.29) is 5.91 Å². The standard InChI is InChI=1S/C16H20N2O/c1-11-6-5-7-12(2)18(11)16(19)15-10-13-8-3-4-9-14(13)17-15/h3-4,8-12,17H,5-7H2,1-2H3/t11-,12+. The molecule has 1 N–H and O–H groups in total. The SMILES string of the molecule is C[C@@H]1CCC[C@H](C)N1C(=O)c1cc2ccccc2[nH]1. The van der Waals surface area contributed by atoms with Crippen LogP contribution in [0.5, 0.6) is 0 Å². The number of hydrogen-bond donors (Lipinski definition) is 1. The number of piperidine rings is 1. The van der Waals surface area contributed by atoms with Gasteiger partial charge in [0.2, 0.25) is 0 Å². The molecule has 1 aromatic heterocycles. The molecule has 0 spiro atoms. The molecular formula is C16H20N2O. The highest BCUT2D eigenvalue weighted by atomic mass is 16.2. The van der Waals surface area contributed by atoms with E-state index in [1.165, 1.54) is 6.42 Å². The molecule has 0 aliphatic carbocycles. The molecule has 0 bridgehead atoms. The lowest BCUT2D eigenvalue weighted by Crippen LogP contribution is -2.47. The van der Waals surface area contributed by atoms with Crippen LogP contribution in [-0.4, -0.2) is 27.9 Å². The number of hydrogen-bond acceptors (Lipinski definition) is 1. The van der Waals surface area contributed by atoms with Gasteiger partial charge in [-0.1, -0.05) is 18.2 Å². The van der Waals surface area contributed by atoms with E-state index in [0.717, 1.165) is 23.7 Å². The van der Waals surface area contributed by atoms with E-state index in [1.807, 2.05) is 35.2 Å². The van der Waals surface area contributed by atoms with Crippen molar-refractivity contribution in [2.45, 2.75) is 45.2 Å². The number of aromatic nitrogens is 1. The zero-order valence-corrected chi connectivity index (χ0v) is 11.5. The van der Waals surface area contributed by atoms with E-state index in [4.69, 9.17) is 0 Å². The highest BCUT2D eigenvalue weighted by Gasteiger charge is 2.30. The van der Waals surface area contributed by atoms with Crippen molar-refractivity contribution in [2.75, 3.05) is 0 Å². The van der Waals surface area contributed by atoms with Crippen molar-refractivity contribution in [3.8, 4) is 0 Å². The number of benzene rings is 1. The van der Waals surface area contributed by atoms with Crippen LogP contribution in [-0.2, 0) is 0 Å². The first-order chi connectivity index (χ1) is 9.16. The van der Waals surface area contributed by atoms with E-state index in [9.17, 15) is 4.79 Å². The maximum absolute atomic E-state index is 12.7. The van der Waals surface area contributed by atoms with Gasteiger partial charge in [-0.25, -0.2) is 0 Å². The van der Waals surface area contributed by atoms with Gasteiger partial charge in [0.05, 0.1) is 0 Å². The Morgan fingerprint density at radius 3 is 2.58 bits per heavy atom. The number of amides is 1. The Kier molecular flexibility index (Phi) is 3.05. The Balaban J connectivity index is 1.94. The molecule has 0 saturated carbocycles. The number of aromatic amines is 1. The average molecular weight is 256 g/mol. The Morgan fingerprint density at radius 2 is 1.89 bits per heavy atom. The van der Waals surface area contributed by atoms with Gasteiger partial charge in [-0.3, -0.25) is 4.79 Å². The van der Waals surface area contributed by atoms with Crippen molar-refractivity contribution >= 4 is 16.8 Å². The minimum Gasteiger partial charge on any atom is -0.351 e. The molecule has 2 atom stereocenters. The summed E-state index contributed by atoms with van der Waals surface area (Å²) in [7, 11) is 0. The molecule has 19 heavy (non-hydrogen) atoms. The molecule has 0 unspecified atom stereocenters. The lowest BCUT2D eigenvalue weighted by molar-refractivity contribution is 0.0505. The van der Waals surface area contributed by atoms with Crippen molar-refractivity contribution in [3.63, 3.8) is 0 Å². The fourth-order valence-corrected chi connectivity index (χ4v) is 3.15. The van der Waals surface area contributed by atoms with Crippen LogP contribution in [0, 0.1) is 0 Å². The van der Waals surface area contributed by atoms with Crippen molar-refractivity contribution in [2.24, 2.45) is 0 Å². The van der Waals surface area contributed by atoms with Gasteiger partial charge in [-0.2, -0.15) is 0 Å². The van der Waals surface area contributed by atoms with Crippen LogP contribution in [0.2, 0.25) is 0 Å². The Labute approximate surface area is 113 Å². The third-order valence-electron chi connectivity index (χ3n) is 4.19. The van der Waals surface area contributed by atoms with Crippen molar-refractivity contribution < 1.29 is 4.79 Å². The number of fused-ring (bicyclic) bond motifs is 1. The van der Waals surface area contributed by atoms with Gasteiger partial charge in [0.15, 0.2) is 0 Å². The summed E-state index contributed by atoms with van der Waals surface area (Å²) in [6.45, 7) is 4.30. The maximum atomic E-state index is 12.7. The van der Waals surface area contributed by atoms with Crippen LogP contribution < -0.4 is 0 Å². The summed E-state index contributed by atoms with van der Waals surface area (Å²) in [6, 6.07) is 10.7. The predicted molar refractivity (Wildman–Crippen MR) is 77.2 cm³/mol. The van der Waals surface area contributed by atoms with Gasteiger partial charge in [0.25, 0.3) is 5.91 Å². The second-order valence-electron chi connectivity index (χ2n) is 5.61. The Hall–Kier alpha value is -1.77. The lowest BCUT2D eigenvalue weighted by Gasteiger charge is -2.38. The molecule has 100 valence electrons. The molecule has 0 radical (unpaired) electrons. The normalized spacial score (nSPS) is 23.8. The maximum Gasteiger partial charge on any atom is 0.270 e. The quantitative estimate of drug-likeness (QED) is 0.832. The number of para-hydroxylation sites is 1.